The molecule has 4 heteroatoms. The Morgan fingerprint density at radius 3 is 2.50 bits per heavy atom. The van der Waals surface area contributed by atoms with Crippen molar-refractivity contribution in [3.63, 3.8) is 0 Å². The fourth-order valence-electron chi connectivity index (χ4n) is 4.10. The fourth-order valence-corrected chi connectivity index (χ4v) is 4.30. The molecular weight excluding hydrogens is 318 g/mol. The van der Waals surface area contributed by atoms with Crippen LogP contribution in [0, 0.1) is 0 Å². The van der Waals surface area contributed by atoms with Gasteiger partial charge in [0.1, 0.15) is 0 Å². The molecule has 3 rings (SSSR count). The minimum Gasteiger partial charge on any atom is -0.313 e. The van der Waals surface area contributed by atoms with E-state index in [2.05, 4.69) is 41.2 Å². The second-order valence-electron chi connectivity index (χ2n) is 7.71. The van der Waals surface area contributed by atoms with Gasteiger partial charge in [0.15, 0.2) is 0 Å². The predicted octanol–water partition coefficient (Wildman–Crippen LogP) is 3.59. The third kappa shape index (κ3) is 4.95. The molecule has 2 saturated heterocycles. The normalized spacial score (nSPS) is 23.5. The molecule has 134 valence electrons. The molecule has 1 aromatic carbocycles. The number of hydrogen-bond acceptors (Lipinski definition) is 3. The second kappa shape index (κ2) is 8.66. The van der Waals surface area contributed by atoms with Crippen LogP contribution in [-0.2, 0) is 0 Å². The van der Waals surface area contributed by atoms with Crippen molar-refractivity contribution in [3.05, 3.63) is 34.9 Å². The molecule has 3 nitrogen and oxygen atoms in total. The molecule has 1 atom stereocenters. The maximum Gasteiger partial charge on any atom is 0.0408 e. The summed E-state index contributed by atoms with van der Waals surface area (Å²) in [6.45, 7) is 8.38. The van der Waals surface area contributed by atoms with E-state index in [0.29, 0.717) is 12.0 Å². The lowest BCUT2D eigenvalue weighted by atomic mass is 9.97. The van der Waals surface area contributed by atoms with Crippen LogP contribution in [0.1, 0.15) is 44.1 Å². The van der Waals surface area contributed by atoms with Gasteiger partial charge in [0.2, 0.25) is 0 Å². The fraction of sp³-hybridized carbons (Fsp3) is 0.700. The van der Waals surface area contributed by atoms with Crippen LogP contribution in [0.2, 0.25) is 5.02 Å². The zero-order valence-electron chi connectivity index (χ0n) is 15.2. The van der Waals surface area contributed by atoms with Gasteiger partial charge in [-0.2, -0.15) is 0 Å². The third-order valence-electron chi connectivity index (χ3n) is 5.86. The van der Waals surface area contributed by atoms with Crippen LogP contribution in [0.25, 0.3) is 0 Å². The van der Waals surface area contributed by atoms with Gasteiger partial charge >= 0.3 is 0 Å². The summed E-state index contributed by atoms with van der Waals surface area (Å²) in [5, 5.41) is 4.63. The summed E-state index contributed by atoms with van der Waals surface area (Å²) in [5.74, 6) is 0.510. The molecule has 0 aromatic heterocycles. The number of piperidine rings is 2. The molecule has 0 bridgehead atoms. The third-order valence-corrected chi connectivity index (χ3v) is 6.10. The van der Waals surface area contributed by atoms with E-state index >= 15 is 0 Å². The zero-order chi connectivity index (χ0) is 16.9. The SMILES string of the molecule is C[C@@H](CNC1CCN(C2CCN(C)CC2)CC1)c1cccc(Cl)c1. The van der Waals surface area contributed by atoms with E-state index in [1.165, 1.54) is 57.4 Å². The highest BCUT2D eigenvalue weighted by Gasteiger charge is 2.27. The second-order valence-corrected chi connectivity index (χ2v) is 8.15. The molecule has 2 fully saturated rings. The number of benzene rings is 1. The predicted molar refractivity (Wildman–Crippen MR) is 103 cm³/mol. The maximum absolute atomic E-state index is 6.11. The van der Waals surface area contributed by atoms with Crippen LogP contribution >= 0.6 is 11.6 Å². The lowest BCUT2D eigenvalue weighted by Crippen LogP contribution is -2.50. The summed E-state index contributed by atoms with van der Waals surface area (Å²) in [6, 6.07) is 9.78. The van der Waals surface area contributed by atoms with E-state index < -0.39 is 0 Å². The molecule has 0 amide bonds. The maximum atomic E-state index is 6.11. The van der Waals surface area contributed by atoms with E-state index in [1.807, 2.05) is 12.1 Å². The highest BCUT2D eigenvalue weighted by atomic mass is 35.5. The van der Waals surface area contributed by atoms with Gasteiger partial charge in [0.25, 0.3) is 0 Å². The zero-order valence-corrected chi connectivity index (χ0v) is 15.9. The first-order valence-corrected chi connectivity index (χ1v) is 9.91. The molecule has 1 aromatic rings. The smallest absolute Gasteiger partial charge is 0.0408 e. The molecule has 24 heavy (non-hydrogen) atoms. The number of rotatable bonds is 5. The highest BCUT2D eigenvalue weighted by Crippen LogP contribution is 2.22. The standard InChI is InChI=1S/C20H32ClN3/c1-16(17-4-3-5-18(21)14-17)15-22-19-6-12-24(13-7-19)20-8-10-23(2)11-9-20/h3-5,14,16,19-20,22H,6-13,15H2,1-2H3/t16-/m0/s1. The van der Waals surface area contributed by atoms with Gasteiger partial charge in [-0.15, -0.1) is 0 Å². The first kappa shape index (κ1) is 18.2. The van der Waals surface area contributed by atoms with Crippen molar-refractivity contribution in [2.24, 2.45) is 0 Å². The Kier molecular flexibility index (Phi) is 6.56. The molecule has 0 unspecified atom stereocenters. The molecule has 2 heterocycles. The van der Waals surface area contributed by atoms with Crippen molar-refractivity contribution in [1.82, 2.24) is 15.1 Å². The number of halogens is 1. The van der Waals surface area contributed by atoms with Gasteiger partial charge < -0.3 is 15.1 Å². The van der Waals surface area contributed by atoms with Crippen molar-refractivity contribution in [2.45, 2.75) is 50.6 Å². The van der Waals surface area contributed by atoms with Crippen molar-refractivity contribution >= 4 is 11.6 Å². The lowest BCUT2D eigenvalue weighted by molar-refractivity contribution is 0.0922. The van der Waals surface area contributed by atoms with Gasteiger partial charge in [-0.05, 0) is 82.5 Å². The van der Waals surface area contributed by atoms with Gasteiger partial charge in [0, 0.05) is 23.7 Å². The average molecular weight is 350 g/mol. The van der Waals surface area contributed by atoms with Gasteiger partial charge in [-0.1, -0.05) is 30.7 Å². The van der Waals surface area contributed by atoms with Crippen LogP contribution in [0.5, 0.6) is 0 Å². The summed E-state index contributed by atoms with van der Waals surface area (Å²) in [7, 11) is 2.24. The molecule has 0 aliphatic carbocycles. The van der Waals surface area contributed by atoms with Crippen LogP contribution in [0.3, 0.4) is 0 Å². The minimum absolute atomic E-state index is 0.510. The molecule has 0 saturated carbocycles. The van der Waals surface area contributed by atoms with E-state index in [-0.39, 0.29) is 0 Å². The van der Waals surface area contributed by atoms with Gasteiger partial charge in [-0.25, -0.2) is 0 Å². The van der Waals surface area contributed by atoms with E-state index in [1.54, 1.807) is 0 Å². The average Bonchev–Trinajstić information content (AvgIpc) is 2.61. The number of nitrogens with one attached hydrogen (secondary N) is 1. The minimum atomic E-state index is 0.510. The summed E-state index contributed by atoms with van der Waals surface area (Å²) in [5.41, 5.74) is 1.33. The molecular formula is C20H32ClN3. The van der Waals surface area contributed by atoms with Crippen molar-refractivity contribution in [3.8, 4) is 0 Å². The summed E-state index contributed by atoms with van der Waals surface area (Å²) < 4.78 is 0. The van der Waals surface area contributed by atoms with E-state index in [0.717, 1.165) is 17.6 Å². The summed E-state index contributed by atoms with van der Waals surface area (Å²) in [6.07, 6.45) is 5.27. The molecule has 2 aliphatic rings. The van der Waals surface area contributed by atoms with Crippen LogP contribution in [-0.4, -0.2) is 61.7 Å². The Morgan fingerprint density at radius 2 is 1.83 bits per heavy atom. The summed E-state index contributed by atoms with van der Waals surface area (Å²) in [4.78, 5) is 5.20. The Balaban J connectivity index is 1.39. The lowest BCUT2D eigenvalue weighted by Gasteiger charge is -2.41. The van der Waals surface area contributed by atoms with Crippen molar-refractivity contribution < 1.29 is 0 Å². The van der Waals surface area contributed by atoms with Crippen LogP contribution in [0.15, 0.2) is 24.3 Å². The first-order valence-electron chi connectivity index (χ1n) is 9.53. The molecule has 2 aliphatic heterocycles. The Hall–Kier alpha value is -0.610. The number of likely N-dealkylation sites (tertiary alicyclic amines) is 2. The van der Waals surface area contributed by atoms with Gasteiger partial charge in [-0.3, -0.25) is 0 Å². The first-order chi connectivity index (χ1) is 11.6. The molecule has 1 N–H and O–H groups in total. The van der Waals surface area contributed by atoms with E-state index in [4.69, 9.17) is 11.6 Å². The number of nitrogens with zero attached hydrogens (tertiary/aromatic N) is 2. The van der Waals surface area contributed by atoms with Crippen LogP contribution in [0.4, 0.5) is 0 Å². The number of hydrogen-bond donors (Lipinski definition) is 1. The van der Waals surface area contributed by atoms with Crippen molar-refractivity contribution in [2.75, 3.05) is 39.8 Å². The van der Waals surface area contributed by atoms with Crippen LogP contribution < -0.4 is 5.32 Å². The highest BCUT2D eigenvalue weighted by molar-refractivity contribution is 6.30. The Bertz CT molecular complexity index is 505. The largest absolute Gasteiger partial charge is 0.313 e. The Morgan fingerprint density at radius 1 is 1.12 bits per heavy atom. The quantitative estimate of drug-likeness (QED) is 0.876. The van der Waals surface area contributed by atoms with Gasteiger partial charge in [0.05, 0.1) is 0 Å². The molecule has 0 radical (unpaired) electrons. The Labute approximate surface area is 152 Å². The molecule has 0 spiro atoms. The summed E-state index contributed by atoms with van der Waals surface area (Å²) >= 11 is 6.11. The topological polar surface area (TPSA) is 18.5 Å². The van der Waals surface area contributed by atoms with E-state index in [9.17, 15) is 0 Å². The monoisotopic (exact) mass is 349 g/mol. The van der Waals surface area contributed by atoms with Crippen molar-refractivity contribution in [1.29, 1.82) is 0 Å².